The normalized spacial score (nSPS) is 10.8. The highest BCUT2D eigenvalue weighted by atomic mass is 16.5. The predicted molar refractivity (Wildman–Crippen MR) is 73.9 cm³/mol. The van der Waals surface area contributed by atoms with Gasteiger partial charge >= 0.3 is 5.97 Å². The molecule has 0 aliphatic heterocycles. The van der Waals surface area contributed by atoms with Crippen molar-refractivity contribution < 1.29 is 23.7 Å². The van der Waals surface area contributed by atoms with E-state index in [0.717, 1.165) is 5.69 Å². The van der Waals surface area contributed by atoms with E-state index in [1.807, 2.05) is 0 Å². The van der Waals surface area contributed by atoms with Crippen molar-refractivity contribution in [3.63, 3.8) is 0 Å². The second kappa shape index (κ2) is 11.2. The molecule has 0 aliphatic rings. The Hall–Kier alpha value is -1.51. The van der Waals surface area contributed by atoms with Crippen LogP contribution in [0.2, 0.25) is 0 Å². The molecule has 0 saturated heterocycles. The highest BCUT2D eigenvalue weighted by Crippen LogP contribution is 1.99. The van der Waals surface area contributed by atoms with Crippen molar-refractivity contribution in [2.45, 2.75) is 19.4 Å². The van der Waals surface area contributed by atoms with E-state index in [4.69, 9.17) is 14.2 Å². The minimum Gasteiger partial charge on any atom is -0.469 e. The summed E-state index contributed by atoms with van der Waals surface area (Å²) in [6, 6.07) is 0. The van der Waals surface area contributed by atoms with Crippen molar-refractivity contribution in [3.8, 4) is 0 Å². The molecular formula is C13H23N3O5. The van der Waals surface area contributed by atoms with E-state index in [2.05, 4.69) is 15.0 Å². The summed E-state index contributed by atoms with van der Waals surface area (Å²) < 4.78 is 21.8. The van der Waals surface area contributed by atoms with Gasteiger partial charge in [-0.1, -0.05) is 5.21 Å². The Labute approximate surface area is 124 Å². The first-order chi connectivity index (χ1) is 10.3. The fourth-order valence-electron chi connectivity index (χ4n) is 1.52. The number of hydrogen-bond donors (Lipinski definition) is 0. The number of rotatable bonds is 12. The van der Waals surface area contributed by atoms with Crippen LogP contribution in [-0.2, 0) is 36.7 Å². The smallest absolute Gasteiger partial charge is 0.305 e. The van der Waals surface area contributed by atoms with Crippen molar-refractivity contribution >= 4 is 5.97 Å². The summed E-state index contributed by atoms with van der Waals surface area (Å²) in [4.78, 5) is 11.0. The highest BCUT2D eigenvalue weighted by Gasteiger charge is 2.05. The molecule has 120 valence electrons. The lowest BCUT2D eigenvalue weighted by Crippen LogP contribution is -2.12. The van der Waals surface area contributed by atoms with Gasteiger partial charge in [-0.3, -0.25) is 4.79 Å². The lowest BCUT2D eigenvalue weighted by atomic mass is 10.2. The number of carbonyl (C=O) groups is 1. The van der Waals surface area contributed by atoms with Gasteiger partial charge in [-0.05, 0) is 0 Å². The topological polar surface area (TPSA) is 84.7 Å². The van der Waals surface area contributed by atoms with Crippen molar-refractivity contribution in [2.75, 3.05) is 47.3 Å². The molecule has 0 radical (unpaired) electrons. The Morgan fingerprint density at radius 2 is 1.86 bits per heavy atom. The van der Waals surface area contributed by atoms with Gasteiger partial charge in [-0.25, -0.2) is 4.68 Å². The molecule has 0 amide bonds. The molecule has 8 heteroatoms. The summed E-state index contributed by atoms with van der Waals surface area (Å²) in [5.41, 5.74) is 0.767. The molecule has 0 aromatic carbocycles. The zero-order chi connectivity index (χ0) is 15.3. The van der Waals surface area contributed by atoms with Gasteiger partial charge in [-0.2, -0.15) is 0 Å². The SMILES string of the molecule is COCCOCCOCCn1cc(CCC(=O)OC)nn1. The standard InChI is InChI=1S/C13H23N3O5/c1-18-7-8-21-10-9-20-6-5-16-11-12(14-15-16)3-4-13(17)19-2/h11H,3-10H2,1-2H3. The first kappa shape index (κ1) is 17.5. The molecule has 8 nitrogen and oxygen atoms in total. The maximum atomic E-state index is 11.0. The van der Waals surface area contributed by atoms with Crippen molar-refractivity contribution in [1.82, 2.24) is 15.0 Å². The zero-order valence-electron chi connectivity index (χ0n) is 12.6. The molecule has 21 heavy (non-hydrogen) atoms. The fraction of sp³-hybridized carbons (Fsp3) is 0.769. The monoisotopic (exact) mass is 301 g/mol. The Balaban J connectivity index is 2.05. The maximum Gasteiger partial charge on any atom is 0.305 e. The molecular weight excluding hydrogens is 278 g/mol. The van der Waals surface area contributed by atoms with Gasteiger partial charge in [0.15, 0.2) is 0 Å². The molecule has 1 aromatic rings. The van der Waals surface area contributed by atoms with E-state index in [1.165, 1.54) is 7.11 Å². The van der Waals surface area contributed by atoms with E-state index in [9.17, 15) is 4.79 Å². The van der Waals surface area contributed by atoms with Crippen molar-refractivity contribution in [1.29, 1.82) is 0 Å². The van der Waals surface area contributed by atoms with Crippen LogP contribution in [0.15, 0.2) is 6.20 Å². The fourth-order valence-corrected chi connectivity index (χ4v) is 1.52. The molecule has 0 saturated carbocycles. The average Bonchev–Trinajstić information content (AvgIpc) is 2.95. The second-order valence-corrected chi connectivity index (χ2v) is 4.27. The van der Waals surface area contributed by atoms with Crippen LogP contribution in [0, 0.1) is 0 Å². The lowest BCUT2D eigenvalue weighted by Gasteiger charge is -2.05. The highest BCUT2D eigenvalue weighted by molar-refractivity contribution is 5.69. The number of aryl methyl sites for hydroxylation is 1. The number of methoxy groups -OCH3 is 2. The van der Waals surface area contributed by atoms with Gasteiger partial charge in [-0.15, -0.1) is 5.10 Å². The Bertz CT molecular complexity index is 397. The Morgan fingerprint density at radius 3 is 2.57 bits per heavy atom. The minimum absolute atomic E-state index is 0.249. The molecule has 0 N–H and O–H groups in total. The third kappa shape index (κ3) is 8.38. The Kier molecular flexibility index (Phi) is 9.34. The molecule has 1 aromatic heterocycles. The van der Waals surface area contributed by atoms with Gasteiger partial charge in [0.2, 0.25) is 0 Å². The van der Waals surface area contributed by atoms with Gasteiger partial charge in [0.05, 0.1) is 58.8 Å². The van der Waals surface area contributed by atoms with E-state index < -0.39 is 0 Å². The van der Waals surface area contributed by atoms with E-state index in [1.54, 1.807) is 18.0 Å². The molecule has 1 heterocycles. The predicted octanol–water partition coefficient (Wildman–Crippen LogP) is 0.0633. The molecule has 0 spiro atoms. The third-order valence-corrected chi connectivity index (χ3v) is 2.67. The number of nitrogens with zero attached hydrogens (tertiary/aromatic N) is 3. The van der Waals surface area contributed by atoms with Crippen LogP contribution < -0.4 is 0 Å². The largest absolute Gasteiger partial charge is 0.469 e. The Morgan fingerprint density at radius 1 is 1.14 bits per heavy atom. The van der Waals surface area contributed by atoms with Crippen LogP contribution in [0.1, 0.15) is 12.1 Å². The van der Waals surface area contributed by atoms with Crippen LogP contribution in [0.3, 0.4) is 0 Å². The molecule has 0 aliphatic carbocycles. The van der Waals surface area contributed by atoms with Crippen molar-refractivity contribution in [3.05, 3.63) is 11.9 Å². The van der Waals surface area contributed by atoms with E-state index in [0.29, 0.717) is 52.4 Å². The molecule has 1 rings (SSSR count). The number of hydrogen-bond acceptors (Lipinski definition) is 7. The quantitative estimate of drug-likeness (QED) is 0.399. The van der Waals surface area contributed by atoms with E-state index >= 15 is 0 Å². The van der Waals surface area contributed by atoms with Crippen molar-refractivity contribution in [2.24, 2.45) is 0 Å². The van der Waals surface area contributed by atoms with Gasteiger partial charge in [0.25, 0.3) is 0 Å². The third-order valence-electron chi connectivity index (χ3n) is 2.67. The summed E-state index contributed by atoms with van der Waals surface area (Å²) in [6.07, 6.45) is 2.65. The summed E-state index contributed by atoms with van der Waals surface area (Å²) in [5.74, 6) is -0.249. The van der Waals surface area contributed by atoms with Gasteiger partial charge in [0, 0.05) is 19.7 Å². The van der Waals surface area contributed by atoms with Gasteiger partial charge < -0.3 is 18.9 Å². The summed E-state index contributed by atoms with van der Waals surface area (Å²) in [5, 5.41) is 7.95. The minimum atomic E-state index is -0.249. The van der Waals surface area contributed by atoms with Crippen LogP contribution in [0.25, 0.3) is 0 Å². The zero-order valence-corrected chi connectivity index (χ0v) is 12.6. The molecule has 0 bridgehead atoms. The number of esters is 1. The first-order valence-electron chi connectivity index (χ1n) is 6.86. The first-order valence-corrected chi connectivity index (χ1v) is 6.86. The lowest BCUT2D eigenvalue weighted by molar-refractivity contribution is -0.140. The summed E-state index contributed by atoms with van der Waals surface area (Å²) in [7, 11) is 3.01. The number of ether oxygens (including phenoxy) is 4. The molecule has 0 unspecified atom stereocenters. The number of aromatic nitrogens is 3. The maximum absolute atomic E-state index is 11.0. The van der Waals surface area contributed by atoms with Crippen LogP contribution in [0.5, 0.6) is 0 Å². The molecule has 0 fully saturated rings. The van der Waals surface area contributed by atoms with Crippen LogP contribution in [-0.4, -0.2) is 68.2 Å². The van der Waals surface area contributed by atoms with E-state index in [-0.39, 0.29) is 5.97 Å². The summed E-state index contributed by atoms with van der Waals surface area (Å²) >= 11 is 0. The summed E-state index contributed by atoms with van der Waals surface area (Å²) in [6.45, 7) is 3.40. The van der Waals surface area contributed by atoms with Crippen LogP contribution in [0.4, 0.5) is 0 Å². The van der Waals surface area contributed by atoms with Gasteiger partial charge in [0.1, 0.15) is 0 Å². The molecule has 0 atom stereocenters. The average molecular weight is 301 g/mol. The number of carbonyl (C=O) groups excluding carboxylic acids is 1. The second-order valence-electron chi connectivity index (χ2n) is 4.27. The van der Waals surface area contributed by atoms with Crippen LogP contribution >= 0.6 is 0 Å².